The maximum atomic E-state index is 10.8. The third-order valence-electron chi connectivity index (χ3n) is 1.74. The normalized spacial score (nSPS) is 13.8. The monoisotopic (exact) mass is 247 g/mol. The average Bonchev–Trinajstić information content (AvgIpc) is 2.71. The number of hydrogen-bond acceptors (Lipinski definition) is 7. The molecule has 0 fully saturated rings. The highest BCUT2D eigenvalue weighted by Gasteiger charge is 2.13. The Bertz CT molecular complexity index is 354. The molecule has 1 aromatic rings. The van der Waals surface area contributed by atoms with E-state index in [1.54, 1.807) is 6.26 Å². The van der Waals surface area contributed by atoms with E-state index in [1.807, 2.05) is 0 Å². The first kappa shape index (κ1) is 12.6. The summed E-state index contributed by atoms with van der Waals surface area (Å²) in [6.45, 7) is 0.555. The molecule has 0 bridgehead atoms. The molecule has 1 rings (SSSR count). The summed E-state index contributed by atoms with van der Waals surface area (Å²) in [7, 11) is 0. The van der Waals surface area contributed by atoms with E-state index in [4.69, 9.17) is 10.9 Å². The first-order valence-corrected chi connectivity index (χ1v) is 6.22. The third kappa shape index (κ3) is 3.59. The van der Waals surface area contributed by atoms with Crippen LogP contribution in [0.3, 0.4) is 0 Å². The Labute approximate surface area is 95.0 Å². The molecule has 8 nitrogen and oxygen atoms in total. The second-order valence-electron chi connectivity index (χ2n) is 3.00. The number of amidine groups is 1. The molecule has 4 N–H and O–H groups in total. The standard InChI is InChI=1S/C7H13N5O3S/c1-16(14)4-2-3-9-7-5(6(8)10-13)11-15-12-7/h13H,2-4H2,1H3,(H2,8,10)(H,9,12). The van der Waals surface area contributed by atoms with Crippen molar-refractivity contribution < 1.29 is 14.4 Å². The Morgan fingerprint density at radius 2 is 2.44 bits per heavy atom. The lowest BCUT2D eigenvalue weighted by Crippen LogP contribution is -2.17. The minimum atomic E-state index is -0.817. The van der Waals surface area contributed by atoms with Crippen molar-refractivity contribution in [2.45, 2.75) is 6.42 Å². The number of anilines is 1. The van der Waals surface area contributed by atoms with E-state index < -0.39 is 11.2 Å². The van der Waals surface area contributed by atoms with E-state index >= 15 is 0 Å². The quantitative estimate of drug-likeness (QED) is 0.152. The summed E-state index contributed by atoms with van der Waals surface area (Å²) < 4.78 is 15.2. The summed E-state index contributed by atoms with van der Waals surface area (Å²) in [5, 5.41) is 21.2. The molecular formula is C7H13N5O3S. The average molecular weight is 247 g/mol. The molecule has 1 aromatic heterocycles. The van der Waals surface area contributed by atoms with E-state index in [9.17, 15) is 4.55 Å². The minimum Gasteiger partial charge on any atom is -0.617 e. The summed E-state index contributed by atoms with van der Waals surface area (Å²) in [5.41, 5.74) is 5.49. The van der Waals surface area contributed by atoms with Gasteiger partial charge in [-0.05, 0) is 10.3 Å². The highest BCUT2D eigenvalue weighted by Crippen LogP contribution is 2.08. The van der Waals surface area contributed by atoms with Gasteiger partial charge in [0.05, 0.1) is 6.26 Å². The zero-order valence-corrected chi connectivity index (χ0v) is 9.53. The molecule has 0 spiro atoms. The van der Waals surface area contributed by atoms with Gasteiger partial charge in [-0.1, -0.05) is 16.3 Å². The van der Waals surface area contributed by atoms with Crippen LogP contribution in [0.1, 0.15) is 12.1 Å². The third-order valence-corrected chi connectivity index (χ3v) is 2.60. The molecule has 0 saturated carbocycles. The lowest BCUT2D eigenvalue weighted by atomic mass is 10.4. The van der Waals surface area contributed by atoms with Gasteiger partial charge in [-0.3, -0.25) is 0 Å². The molecule has 0 aromatic carbocycles. The first-order valence-electron chi connectivity index (χ1n) is 4.49. The van der Waals surface area contributed by atoms with Gasteiger partial charge in [-0.2, -0.15) is 0 Å². The van der Waals surface area contributed by atoms with Crippen LogP contribution in [-0.4, -0.2) is 44.5 Å². The van der Waals surface area contributed by atoms with E-state index in [-0.39, 0.29) is 11.5 Å². The van der Waals surface area contributed by atoms with Crippen LogP contribution in [0, 0.1) is 0 Å². The van der Waals surface area contributed by atoms with Crippen LogP contribution in [-0.2, 0) is 11.2 Å². The fourth-order valence-corrected chi connectivity index (χ4v) is 1.55. The number of rotatable bonds is 6. The number of hydrogen-bond donors (Lipinski definition) is 3. The Morgan fingerprint density at radius 3 is 3.06 bits per heavy atom. The largest absolute Gasteiger partial charge is 0.617 e. The maximum Gasteiger partial charge on any atom is 0.202 e. The van der Waals surface area contributed by atoms with Crippen molar-refractivity contribution in [1.82, 2.24) is 10.3 Å². The highest BCUT2D eigenvalue weighted by atomic mass is 32.2. The predicted octanol–water partition coefficient (Wildman–Crippen LogP) is -0.655. The molecule has 1 heterocycles. The van der Waals surface area contributed by atoms with Crippen LogP contribution in [0.25, 0.3) is 0 Å². The fourth-order valence-electron chi connectivity index (χ4n) is 1.00. The second kappa shape index (κ2) is 6.18. The Morgan fingerprint density at radius 1 is 1.69 bits per heavy atom. The highest BCUT2D eigenvalue weighted by molar-refractivity contribution is 7.90. The van der Waals surface area contributed by atoms with Crippen molar-refractivity contribution in [3.63, 3.8) is 0 Å². The number of nitrogens with zero attached hydrogens (tertiary/aromatic N) is 3. The molecule has 1 unspecified atom stereocenters. The van der Waals surface area contributed by atoms with Crippen molar-refractivity contribution in [1.29, 1.82) is 0 Å². The lowest BCUT2D eigenvalue weighted by Gasteiger charge is -2.05. The van der Waals surface area contributed by atoms with Gasteiger partial charge in [0.2, 0.25) is 5.82 Å². The topological polar surface area (TPSA) is 133 Å². The van der Waals surface area contributed by atoms with Gasteiger partial charge >= 0.3 is 0 Å². The molecule has 0 saturated heterocycles. The number of oxime groups is 1. The zero-order chi connectivity index (χ0) is 12.0. The van der Waals surface area contributed by atoms with E-state index in [1.165, 1.54) is 0 Å². The molecule has 0 aliphatic rings. The number of nitrogens with two attached hydrogens (primary N) is 1. The number of nitrogens with one attached hydrogen (secondary N) is 1. The predicted molar refractivity (Wildman–Crippen MR) is 58.8 cm³/mol. The van der Waals surface area contributed by atoms with Crippen LogP contribution >= 0.6 is 0 Å². The second-order valence-corrected chi connectivity index (χ2v) is 4.56. The lowest BCUT2D eigenvalue weighted by molar-refractivity contribution is 0.304. The summed E-state index contributed by atoms with van der Waals surface area (Å²) >= 11 is -0.817. The smallest absolute Gasteiger partial charge is 0.202 e. The summed E-state index contributed by atoms with van der Waals surface area (Å²) in [4.78, 5) is 0. The Kier molecular flexibility index (Phi) is 4.86. The molecular weight excluding hydrogens is 234 g/mol. The van der Waals surface area contributed by atoms with Gasteiger partial charge in [0.1, 0.15) is 5.75 Å². The van der Waals surface area contributed by atoms with Crippen LogP contribution in [0.5, 0.6) is 0 Å². The van der Waals surface area contributed by atoms with Crippen LogP contribution in [0.2, 0.25) is 0 Å². The molecule has 0 amide bonds. The van der Waals surface area contributed by atoms with Crippen LogP contribution in [0.4, 0.5) is 5.82 Å². The zero-order valence-electron chi connectivity index (χ0n) is 8.71. The van der Waals surface area contributed by atoms with Gasteiger partial charge in [0.25, 0.3) is 0 Å². The summed E-state index contributed by atoms with van der Waals surface area (Å²) in [6.07, 6.45) is 2.35. The molecule has 0 radical (unpaired) electrons. The van der Waals surface area contributed by atoms with Crippen LogP contribution < -0.4 is 11.1 Å². The van der Waals surface area contributed by atoms with E-state index in [2.05, 4.69) is 25.4 Å². The van der Waals surface area contributed by atoms with Crippen molar-refractivity contribution in [2.24, 2.45) is 10.9 Å². The molecule has 1 atom stereocenters. The fraction of sp³-hybridized carbons (Fsp3) is 0.571. The van der Waals surface area contributed by atoms with Crippen LogP contribution in [0.15, 0.2) is 9.78 Å². The molecule has 16 heavy (non-hydrogen) atoms. The first-order chi connectivity index (χ1) is 7.65. The molecule has 9 heteroatoms. The van der Waals surface area contributed by atoms with Gasteiger partial charge in [-0.15, -0.1) is 0 Å². The Balaban J connectivity index is 2.45. The Hall–Kier alpha value is -1.48. The van der Waals surface area contributed by atoms with Gasteiger partial charge < -0.3 is 20.8 Å². The van der Waals surface area contributed by atoms with Gasteiger partial charge in [-0.25, -0.2) is 4.63 Å². The van der Waals surface area contributed by atoms with Gasteiger partial charge in [0.15, 0.2) is 11.5 Å². The molecule has 0 aliphatic heterocycles. The van der Waals surface area contributed by atoms with Crippen molar-refractivity contribution in [3.8, 4) is 0 Å². The van der Waals surface area contributed by atoms with Gasteiger partial charge in [0, 0.05) is 13.0 Å². The molecule has 0 aliphatic carbocycles. The maximum absolute atomic E-state index is 10.8. The SMILES string of the molecule is C[S+]([O-])CCCNc1nonc1/C(N)=N/O. The van der Waals surface area contributed by atoms with Crippen molar-refractivity contribution in [2.75, 3.05) is 23.9 Å². The summed E-state index contributed by atoms with van der Waals surface area (Å²) in [6, 6.07) is 0. The van der Waals surface area contributed by atoms with E-state index in [0.29, 0.717) is 24.5 Å². The minimum absolute atomic E-state index is 0.153. The number of aromatic nitrogens is 2. The van der Waals surface area contributed by atoms with Crippen molar-refractivity contribution in [3.05, 3.63) is 5.69 Å². The van der Waals surface area contributed by atoms with Crippen molar-refractivity contribution >= 4 is 22.8 Å². The molecule has 90 valence electrons. The summed E-state index contributed by atoms with van der Waals surface area (Å²) in [5.74, 6) is 0.719. The van der Waals surface area contributed by atoms with E-state index in [0.717, 1.165) is 0 Å².